The summed E-state index contributed by atoms with van der Waals surface area (Å²) in [6.07, 6.45) is 1.38. The fourth-order valence-electron chi connectivity index (χ4n) is 2.89. The third-order valence-electron chi connectivity index (χ3n) is 3.99. The maximum absolute atomic E-state index is 12.1. The van der Waals surface area contributed by atoms with Gasteiger partial charge in [-0.3, -0.25) is 9.59 Å². The number of amides is 2. The van der Waals surface area contributed by atoms with Gasteiger partial charge in [0, 0.05) is 38.0 Å². The van der Waals surface area contributed by atoms with Crippen LogP contribution in [0.1, 0.15) is 31.2 Å². The minimum atomic E-state index is 0.0290. The molecule has 0 saturated carbocycles. The molecule has 0 aromatic heterocycles. The van der Waals surface area contributed by atoms with E-state index in [1.165, 1.54) is 0 Å². The Bertz CT molecular complexity index is 542. The van der Waals surface area contributed by atoms with E-state index in [2.05, 4.69) is 10.2 Å². The second kappa shape index (κ2) is 7.40. The number of carbonyl (C=O) groups is 2. The number of nitrogens with zero attached hydrogens (tertiary/aromatic N) is 2. The van der Waals surface area contributed by atoms with Crippen LogP contribution in [0.5, 0.6) is 0 Å². The highest BCUT2D eigenvalue weighted by Crippen LogP contribution is 2.37. The van der Waals surface area contributed by atoms with Crippen LogP contribution in [0.15, 0.2) is 24.3 Å². The summed E-state index contributed by atoms with van der Waals surface area (Å²) < 4.78 is 0. The SMILES string of the molecule is CC(=O)N1CC(CC(=O)NCCCN(C)C)c2ccccc21. The molecule has 2 rings (SSSR count). The molecule has 0 saturated heterocycles. The smallest absolute Gasteiger partial charge is 0.223 e. The average Bonchev–Trinajstić information content (AvgIpc) is 2.83. The van der Waals surface area contributed by atoms with Crippen molar-refractivity contribution in [1.29, 1.82) is 0 Å². The lowest BCUT2D eigenvalue weighted by Gasteiger charge is -2.15. The Morgan fingerprint density at radius 1 is 1.32 bits per heavy atom. The predicted molar refractivity (Wildman–Crippen MR) is 88.0 cm³/mol. The molecule has 22 heavy (non-hydrogen) atoms. The number of benzene rings is 1. The molecule has 0 spiro atoms. The van der Waals surface area contributed by atoms with Crippen LogP contribution in [-0.4, -0.2) is 50.4 Å². The molecule has 1 heterocycles. The van der Waals surface area contributed by atoms with Crippen LogP contribution >= 0.6 is 0 Å². The maximum Gasteiger partial charge on any atom is 0.223 e. The van der Waals surface area contributed by atoms with Crippen molar-refractivity contribution in [2.24, 2.45) is 0 Å². The van der Waals surface area contributed by atoms with Gasteiger partial charge in [-0.15, -0.1) is 0 Å². The van der Waals surface area contributed by atoms with E-state index in [1.54, 1.807) is 11.8 Å². The molecule has 5 heteroatoms. The summed E-state index contributed by atoms with van der Waals surface area (Å²) in [7, 11) is 4.04. The standard InChI is InChI=1S/C17H25N3O2/c1-13(21)20-12-14(15-7-4-5-8-16(15)20)11-17(22)18-9-6-10-19(2)3/h4-5,7-8,14H,6,9-12H2,1-3H3,(H,18,22). The first kappa shape index (κ1) is 16.5. The number of para-hydroxylation sites is 1. The lowest BCUT2D eigenvalue weighted by molar-refractivity contribution is -0.121. The number of nitrogens with one attached hydrogen (secondary N) is 1. The first-order chi connectivity index (χ1) is 10.5. The van der Waals surface area contributed by atoms with Crippen LogP contribution in [0.4, 0.5) is 5.69 Å². The van der Waals surface area contributed by atoms with Crippen molar-refractivity contribution in [3.63, 3.8) is 0 Å². The van der Waals surface area contributed by atoms with Crippen molar-refractivity contribution in [2.75, 3.05) is 38.6 Å². The first-order valence-electron chi connectivity index (χ1n) is 7.77. The van der Waals surface area contributed by atoms with Gasteiger partial charge in [0.2, 0.25) is 11.8 Å². The van der Waals surface area contributed by atoms with Crippen LogP contribution in [-0.2, 0) is 9.59 Å². The van der Waals surface area contributed by atoms with Crippen molar-refractivity contribution >= 4 is 17.5 Å². The zero-order chi connectivity index (χ0) is 16.1. The van der Waals surface area contributed by atoms with Gasteiger partial charge in [0.15, 0.2) is 0 Å². The largest absolute Gasteiger partial charge is 0.356 e. The van der Waals surface area contributed by atoms with E-state index < -0.39 is 0 Å². The normalized spacial score (nSPS) is 16.7. The van der Waals surface area contributed by atoms with E-state index in [4.69, 9.17) is 0 Å². The Kier molecular flexibility index (Phi) is 5.55. The summed E-state index contributed by atoms with van der Waals surface area (Å²) in [5.74, 6) is 0.180. The Morgan fingerprint density at radius 2 is 2.05 bits per heavy atom. The van der Waals surface area contributed by atoms with E-state index in [-0.39, 0.29) is 17.7 Å². The highest BCUT2D eigenvalue weighted by Gasteiger charge is 2.31. The highest BCUT2D eigenvalue weighted by atomic mass is 16.2. The molecule has 1 aromatic rings. The van der Waals surface area contributed by atoms with Crippen molar-refractivity contribution in [2.45, 2.75) is 25.7 Å². The minimum Gasteiger partial charge on any atom is -0.356 e. The van der Waals surface area contributed by atoms with Crippen molar-refractivity contribution in [3.8, 4) is 0 Å². The Balaban J connectivity index is 1.91. The Hall–Kier alpha value is -1.88. The molecular formula is C17H25N3O2. The zero-order valence-electron chi connectivity index (χ0n) is 13.6. The summed E-state index contributed by atoms with van der Waals surface area (Å²) >= 11 is 0. The highest BCUT2D eigenvalue weighted by molar-refractivity contribution is 5.94. The molecule has 1 aliphatic heterocycles. The van der Waals surface area contributed by atoms with Crippen LogP contribution < -0.4 is 10.2 Å². The number of anilines is 1. The fourth-order valence-corrected chi connectivity index (χ4v) is 2.89. The molecule has 1 aliphatic rings. The molecule has 1 atom stereocenters. The van der Waals surface area contributed by atoms with Gasteiger partial charge in [-0.05, 0) is 38.7 Å². The van der Waals surface area contributed by atoms with Crippen LogP contribution in [0.3, 0.4) is 0 Å². The van der Waals surface area contributed by atoms with Gasteiger partial charge in [0.05, 0.1) is 0 Å². The van der Waals surface area contributed by atoms with E-state index >= 15 is 0 Å². The van der Waals surface area contributed by atoms with Gasteiger partial charge < -0.3 is 15.1 Å². The monoisotopic (exact) mass is 303 g/mol. The summed E-state index contributed by atoms with van der Waals surface area (Å²) in [4.78, 5) is 27.7. The fraction of sp³-hybridized carbons (Fsp3) is 0.529. The topological polar surface area (TPSA) is 52.7 Å². The summed E-state index contributed by atoms with van der Waals surface area (Å²) in [5.41, 5.74) is 2.04. The predicted octanol–water partition coefficient (Wildman–Crippen LogP) is 1.59. The molecule has 0 fully saturated rings. The molecule has 1 unspecified atom stereocenters. The molecule has 0 bridgehead atoms. The number of hydrogen-bond donors (Lipinski definition) is 1. The third kappa shape index (κ3) is 4.07. The van der Waals surface area contributed by atoms with Gasteiger partial charge in [0.25, 0.3) is 0 Å². The van der Waals surface area contributed by atoms with Crippen molar-refractivity contribution in [3.05, 3.63) is 29.8 Å². The number of hydrogen-bond acceptors (Lipinski definition) is 3. The molecule has 0 aliphatic carbocycles. The summed E-state index contributed by atoms with van der Waals surface area (Å²) in [6.45, 7) is 3.83. The lowest BCUT2D eigenvalue weighted by Crippen LogP contribution is -2.31. The van der Waals surface area contributed by atoms with Gasteiger partial charge in [-0.1, -0.05) is 18.2 Å². The molecule has 0 radical (unpaired) electrons. The van der Waals surface area contributed by atoms with Crippen LogP contribution in [0, 0.1) is 0 Å². The quantitative estimate of drug-likeness (QED) is 0.812. The molecule has 5 nitrogen and oxygen atoms in total. The first-order valence-corrected chi connectivity index (χ1v) is 7.77. The second-order valence-electron chi connectivity index (χ2n) is 6.10. The minimum absolute atomic E-state index is 0.0290. The van der Waals surface area contributed by atoms with Gasteiger partial charge in [-0.25, -0.2) is 0 Å². The van der Waals surface area contributed by atoms with E-state index in [9.17, 15) is 9.59 Å². The molecule has 1 N–H and O–H groups in total. The molecule has 1 aromatic carbocycles. The summed E-state index contributed by atoms with van der Waals surface area (Å²) in [5, 5.41) is 2.97. The van der Waals surface area contributed by atoms with Crippen LogP contribution in [0.25, 0.3) is 0 Å². The zero-order valence-corrected chi connectivity index (χ0v) is 13.6. The van der Waals surface area contributed by atoms with Gasteiger partial charge >= 0.3 is 0 Å². The van der Waals surface area contributed by atoms with E-state index in [1.807, 2.05) is 38.4 Å². The Labute approximate surface area is 132 Å². The van der Waals surface area contributed by atoms with Crippen molar-refractivity contribution in [1.82, 2.24) is 10.2 Å². The third-order valence-corrected chi connectivity index (χ3v) is 3.99. The van der Waals surface area contributed by atoms with Gasteiger partial charge in [0.1, 0.15) is 0 Å². The Morgan fingerprint density at radius 3 is 2.73 bits per heavy atom. The average molecular weight is 303 g/mol. The summed E-state index contributed by atoms with van der Waals surface area (Å²) in [6, 6.07) is 7.86. The lowest BCUT2D eigenvalue weighted by atomic mass is 9.97. The van der Waals surface area contributed by atoms with Gasteiger partial charge in [-0.2, -0.15) is 0 Å². The van der Waals surface area contributed by atoms with E-state index in [0.29, 0.717) is 19.5 Å². The van der Waals surface area contributed by atoms with E-state index in [0.717, 1.165) is 24.2 Å². The molecule has 120 valence electrons. The number of fused-ring (bicyclic) bond motifs is 1. The number of carbonyl (C=O) groups excluding carboxylic acids is 2. The number of rotatable bonds is 6. The maximum atomic E-state index is 12.1. The van der Waals surface area contributed by atoms with Crippen molar-refractivity contribution < 1.29 is 9.59 Å². The molecule has 2 amide bonds. The van der Waals surface area contributed by atoms with Crippen LogP contribution in [0.2, 0.25) is 0 Å². The molecular weight excluding hydrogens is 278 g/mol. The second-order valence-corrected chi connectivity index (χ2v) is 6.10.